The summed E-state index contributed by atoms with van der Waals surface area (Å²) in [5.41, 5.74) is 6.91. The van der Waals surface area contributed by atoms with Gasteiger partial charge in [-0.15, -0.1) is 0 Å². The molecule has 94 valence electrons. The first-order valence-electron chi connectivity index (χ1n) is 5.40. The molecule has 2 nitrogen and oxygen atoms in total. The Bertz CT molecular complexity index is 558. The Morgan fingerprint density at radius 1 is 1.17 bits per heavy atom. The largest absolute Gasteiger partial charge is 0.324 e. The lowest BCUT2D eigenvalue weighted by molar-refractivity contribution is 0.808. The van der Waals surface area contributed by atoms with E-state index in [-0.39, 0.29) is 6.04 Å². The summed E-state index contributed by atoms with van der Waals surface area (Å²) in [4.78, 5) is 5.30. The van der Waals surface area contributed by atoms with Crippen LogP contribution < -0.4 is 5.73 Å². The Morgan fingerprint density at radius 2 is 1.94 bits per heavy atom. The minimum absolute atomic E-state index is 0.00107. The van der Waals surface area contributed by atoms with Gasteiger partial charge in [-0.05, 0) is 42.8 Å². The standard InChI is InChI=1S/C13H12Cl2N2S/c1-8(16)9-4-5-17-13(6-9)18-10-2-3-11(14)12(15)7-10/h2-8H,16H2,1H3. The van der Waals surface area contributed by atoms with Gasteiger partial charge < -0.3 is 5.73 Å². The smallest absolute Gasteiger partial charge is 0.101 e. The van der Waals surface area contributed by atoms with Gasteiger partial charge in [0.1, 0.15) is 5.03 Å². The number of hydrogen-bond acceptors (Lipinski definition) is 3. The maximum atomic E-state index is 5.98. The normalized spacial score (nSPS) is 12.4. The van der Waals surface area contributed by atoms with Crippen molar-refractivity contribution >= 4 is 35.0 Å². The van der Waals surface area contributed by atoms with Crippen molar-refractivity contribution in [2.75, 3.05) is 0 Å². The number of aromatic nitrogens is 1. The van der Waals surface area contributed by atoms with Crippen molar-refractivity contribution in [3.05, 3.63) is 52.1 Å². The molecule has 0 amide bonds. The molecule has 1 heterocycles. The van der Waals surface area contributed by atoms with E-state index in [1.807, 2.05) is 31.2 Å². The Kier molecular flexibility index (Phi) is 4.51. The predicted molar refractivity (Wildman–Crippen MR) is 77.4 cm³/mol. The van der Waals surface area contributed by atoms with Gasteiger partial charge in [-0.2, -0.15) is 0 Å². The summed E-state index contributed by atoms with van der Waals surface area (Å²) in [6.07, 6.45) is 1.76. The van der Waals surface area contributed by atoms with E-state index < -0.39 is 0 Å². The monoisotopic (exact) mass is 298 g/mol. The summed E-state index contributed by atoms with van der Waals surface area (Å²) >= 11 is 13.4. The van der Waals surface area contributed by atoms with Crippen LogP contribution in [0.15, 0.2) is 46.5 Å². The van der Waals surface area contributed by atoms with Gasteiger partial charge in [-0.1, -0.05) is 35.0 Å². The van der Waals surface area contributed by atoms with Crippen molar-refractivity contribution in [2.45, 2.75) is 22.9 Å². The van der Waals surface area contributed by atoms with E-state index in [9.17, 15) is 0 Å². The van der Waals surface area contributed by atoms with Crippen LogP contribution in [0, 0.1) is 0 Å². The molecule has 0 saturated heterocycles. The number of benzene rings is 1. The van der Waals surface area contributed by atoms with Crippen molar-refractivity contribution < 1.29 is 0 Å². The second-order valence-corrected chi connectivity index (χ2v) is 5.80. The fourth-order valence-electron chi connectivity index (χ4n) is 1.42. The first-order chi connectivity index (χ1) is 8.56. The van der Waals surface area contributed by atoms with Crippen LogP contribution in [-0.2, 0) is 0 Å². The van der Waals surface area contributed by atoms with E-state index in [1.165, 1.54) is 11.8 Å². The number of nitrogens with zero attached hydrogens (tertiary/aromatic N) is 1. The van der Waals surface area contributed by atoms with Gasteiger partial charge in [0.05, 0.1) is 10.0 Å². The lowest BCUT2D eigenvalue weighted by Crippen LogP contribution is -2.04. The summed E-state index contributed by atoms with van der Waals surface area (Å²) in [5, 5.41) is 1.99. The molecular weight excluding hydrogens is 287 g/mol. The summed E-state index contributed by atoms with van der Waals surface area (Å²) in [6, 6.07) is 9.43. The first kappa shape index (κ1) is 13.7. The molecule has 0 spiro atoms. The number of nitrogens with two attached hydrogens (primary N) is 1. The third kappa shape index (κ3) is 3.39. The molecule has 0 fully saturated rings. The van der Waals surface area contributed by atoms with Crippen molar-refractivity contribution in [1.29, 1.82) is 0 Å². The van der Waals surface area contributed by atoms with Crippen LogP contribution in [0.2, 0.25) is 10.0 Å². The summed E-state index contributed by atoms with van der Waals surface area (Å²) < 4.78 is 0. The van der Waals surface area contributed by atoms with Crippen LogP contribution in [0.3, 0.4) is 0 Å². The molecule has 0 aliphatic heterocycles. The molecule has 0 saturated carbocycles. The molecule has 1 atom stereocenters. The van der Waals surface area contributed by atoms with Gasteiger partial charge in [0.2, 0.25) is 0 Å². The van der Waals surface area contributed by atoms with E-state index in [1.54, 1.807) is 12.3 Å². The van der Waals surface area contributed by atoms with Gasteiger partial charge in [0.25, 0.3) is 0 Å². The van der Waals surface area contributed by atoms with E-state index in [0.29, 0.717) is 10.0 Å². The van der Waals surface area contributed by atoms with Crippen LogP contribution in [0.4, 0.5) is 0 Å². The fourth-order valence-corrected chi connectivity index (χ4v) is 2.65. The quantitative estimate of drug-likeness (QED) is 0.903. The predicted octanol–water partition coefficient (Wildman–Crippen LogP) is 4.56. The highest BCUT2D eigenvalue weighted by molar-refractivity contribution is 7.99. The molecule has 1 aromatic carbocycles. The lowest BCUT2D eigenvalue weighted by Gasteiger charge is -2.07. The highest BCUT2D eigenvalue weighted by Gasteiger charge is 2.05. The van der Waals surface area contributed by atoms with Gasteiger partial charge >= 0.3 is 0 Å². The van der Waals surface area contributed by atoms with Crippen molar-refractivity contribution in [2.24, 2.45) is 5.73 Å². The molecule has 5 heteroatoms. The molecule has 1 aromatic heterocycles. The highest BCUT2D eigenvalue weighted by Crippen LogP contribution is 2.32. The zero-order valence-corrected chi connectivity index (χ0v) is 12.1. The van der Waals surface area contributed by atoms with Crippen LogP contribution in [0.1, 0.15) is 18.5 Å². The molecule has 2 N–H and O–H groups in total. The third-order valence-electron chi connectivity index (χ3n) is 2.40. The highest BCUT2D eigenvalue weighted by atomic mass is 35.5. The maximum Gasteiger partial charge on any atom is 0.101 e. The number of halogens is 2. The van der Waals surface area contributed by atoms with Crippen LogP contribution in [-0.4, -0.2) is 4.98 Å². The molecule has 0 aliphatic carbocycles. The Morgan fingerprint density at radius 3 is 2.61 bits per heavy atom. The molecule has 2 rings (SSSR count). The maximum absolute atomic E-state index is 5.98. The van der Waals surface area contributed by atoms with Gasteiger partial charge in [0, 0.05) is 17.1 Å². The molecular formula is C13H12Cl2N2S. The van der Waals surface area contributed by atoms with Crippen LogP contribution >= 0.6 is 35.0 Å². The van der Waals surface area contributed by atoms with Crippen molar-refractivity contribution in [3.8, 4) is 0 Å². The molecule has 0 aliphatic rings. The Hall–Kier alpha value is -0.740. The molecule has 0 radical (unpaired) electrons. The van der Waals surface area contributed by atoms with E-state index in [0.717, 1.165) is 15.5 Å². The topological polar surface area (TPSA) is 38.9 Å². The van der Waals surface area contributed by atoms with Gasteiger partial charge in [0.15, 0.2) is 0 Å². The van der Waals surface area contributed by atoms with E-state index in [2.05, 4.69) is 4.98 Å². The van der Waals surface area contributed by atoms with Gasteiger partial charge in [-0.3, -0.25) is 0 Å². The Labute approximate surface area is 121 Å². The molecule has 2 aromatic rings. The minimum Gasteiger partial charge on any atom is -0.324 e. The summed E-state index contributed by atoms with van der Waals surface area (Å²) in [7, 11) is 0. The molecule has 18 heavy (non-hydrogen) atoms. The number of hydrogen-bond donors (Lipinski definition) is 1. The average molecular weight is 299 g/mol. The average Bonchev–Trinajstić information content (AvgIpc) is 2.34. The van der Waals surface area contributed by atoms with Crippen molar-refractivity contribution in [3.63, 3.8) is 0 Å². The second kappa shape index (κ2) is 5.93. The van der Waals surface area contributed by atoms with E-state index >= 15 is 0 Å². The summed E-state index contributed by atoms with van der Waals surface area (Å²) in [6.45, 7) is 1.95. The number of rotatable bonds is 3. The van der Waals surface area contributed by atoms with Crippen LogP contribution in [0.25, 0.3) is 0 Å². The van der Waals surface area contributed by atoms with Crippen LogP contribution in [0.5, 0.6) is 0 Å². The van der Waals surface area contributed by atoms with Crippen molar-refractivity contribution in [1.82, 2.24) is 4.98 Å². The second-order valence-electron chi connectivity index (χ2n) is 3.89. The number of pyridine rings is 1. The first-order valence-corrected chi connectivity index (χ1v) is 6.98. The minimum atomic E-state index is 0.00107. The summed E-state index contributed by atoms with van der Waals surface area (Å²) in [5.74, 6) is 0. The zero-order chi connectivity index (χ0) is 13.1. The van der Waals surface area contributed by atoms with E-state index in [4.69, 9.17) is 28.9 Å². The van der Waals surface area contributed by atoms with Gasteiger partial charge in [-0.25, -0.2) is 4.98 Å². The lowest BCUT2D eigenvalue weighted by atomic mass is 10.1. The molecule has 1 unspecified atom stereocenters. The third-order valence-corrected chi connectivity index (χ3v) is 4.06. The zero-order valence-electron chi connectivity index (χ0n) is 9.73. The SMILES string of the molecule is CC(N)c1ccnc(Sc2ccc(Cl)c(Cl)c2)c1. The fraction of sp³-hybridized carbons (Fsp3) is 0.154. The molecule has 0 bridgehead atoms. The Balaban J connectivity index is 2.23.